The van der Waals surface area contributed by atoms with E-state index in [1.165, 1.54) is 12.1 Å². The van der Waals surface area contributed by atoms with Gasteiger partial charge in [-0.2, -0.15) is 13.2 Å². The van der Waals surface area contributed by atoms with Gasteiger partial charge in [0.05, 0.1) is 26.0 Å². The number of carbonyl (C=O) groups is 1. The van der Waals surface area contributed by atoms with Gasteiger partial charge in [0.15, 0.2) is 0 Å². The standard InChI is InChI=1S/C30H46F3N3O2.C7H8O.CH3F/c1-3-34(25-7-9-26(37)10-8-25)16-4-5-29(38)36-19-14-23(15-20-36)27-11-6-24(30(31,32)33)21-28(27)35-17-12-22(2)13-18-35;1-8-7-5-3-2-4-6-7;1-2/h6,11,21-23,25-26,37H,3-5,7-10,12-20H2,1-2H3;2-6H,1H3;1H3. The second-order valence-corrected chi connectivity index (χ2v) is 13.3. The number of nitrogens with zero attached hydrogens (tertiary/aromatic N) is 3. The molecule has 0 radical (unpaired) electrons. The van der Waals surface area contributed by atoms with Gasteiger partial charge in [0.1, 0.15) is 5.75 Å². The van der Waals surface area contributed by atoms with Crippen molar-refractivity contribution in [2.24, 2.45) is 5.92 Å². The lowest BCUT2D eigenvalue weighted by Gasteiger charge is -2.38. The molecule has 1 aliphatic carbocycles. The van der Waals surface area contributed by atoms with E-state index in [2.05, 4.69) is 23.6 Å². The number of methoxy groups -OCH3 is 1. The summed E-state index contributed by atoms with van der Waals surface area (Å²) in [6, 6.07) is 14.5. The number of ether oxygens (including phenoxy) is 1. The lowest BCUT2D eigenvalue weighted by molar-refractivity contribution is -0.137. The fourth-order valence-corrected chi connectivity index (χ4v) is 7.20. The Morgan fingerprint density at radius 1 is 0.917 bits per heavy atom. The number of alkyl halides is 4. The van der Waals surface area contributed by atoms with E-state index in [4.69, 9.17) is 4.74 Å². The van der Waals surface area contributed by atoms with Crippen LogP contribution in [0.5, 0.6) is 5.75 Å². The first kappa shape index (κ1) is 39.6. The predicted octanol–water partition coefficient (Wildman–Crippen LogP) is 8.33. The zero-order valence-corrected chi connectivity index (χ0v) is 29.4. The summed E-state index contributed by atoms with van der Waals surface area (Å²) < 4.78 is 55.0. The van der Waals surface area contributed by atoms with Crippen LogP contribution in [0.25, 0.3) is 0 Å². The number of anilines is 1. The lowest BCUT2D eigenvalue weighted by Crippen LogP contribution is -2.41. The quantitative estimate of drug-likeness (QED) is 0.270. The monoisotopic (exact) mass is 679 g/mol. The third-order valence-electron chi connectivity index (χ3n) is 10.2. The van der Waals surface area contributed by atoms with Gasteiger partial charge in [-0.3, -0.25) is 9.18 Å². The molecule has 2 aromatic rings. The van der Waals surface area contributed by atoms with Gasteiger partial charge in [-0.25, -0.2) is 0 Å². The molecule has 2 saturated heterocycles. The minimum atomic E-state index is -4.35. The minimum absolute atomic E-state index is 0.156. The van der Waals surface area contributed by atoms with Crippen LogP contribution in [0.15, 0.2) is 48.5 Å². The number of para-hydroxylation sites is 1. The van der Waals surface area contributed by atoms with Crippen LogP contribution in [-0.4, -0.2) is 86.5 Å². The molecule has 10 heteroatoms. The Bertz CT molecular complexity index is 1190. The Labute approximate surface area is 285 Å². The van der Waals surface area contributed by atoms with Crippen LogP contribution >= 0.6 is 0 Å². The van der Waals surface area contributed by atoms with Crippen molar-refractivity contribution in [3.63, 3.8) is 0 Å². The summed E-state index contributed by atoms with van der Waals surface area (Å²) in [6.07, 6.45) is 4.24. The van der Waals surface area contributed by atoms with Crippen LogP contribution in [0, 0.1) is 5.92 Å². The second kappa shape index (κ2) is 20.0. The topological polar surface area (TPSA) is 56.3 Å². The van der Waals surface area contributed by atoms with Crippen molar-refractivity contribution < 1.29 is 32.2 Å². The summed E-state index contributed by atoms with van der Waals surface area (Å²) in [6.45, 7) is 9.16. The number of hydrogen-bond acceptors (Lipinski definition) is 5. The number of piperidine rings is 2. The molecule has 2 heterocycles. The molecule has 5 rings (SSSR count). The van der Waals surface area contributed by atoms with Crippen LogP contribution < -0.4 is 9.64 Å². The summed E-state index contributed by atoms with van der Waals surface area (Å²) in [4.78, 5) is 19.5. The summed E-state index contributed by atoms with van der Waals surface area (Å²) in [7, 11) is 2.16. The Morgan fingerprint density at radius 3 is 2.08 bits per heavy atom. The van der Waals surface area contributed by atoms with Crippen molar-refractivity contribution in [1.82, 2.24) is 9.80 Å². The first-order valence-electron chi connectivity index (χ1n) is 17.7. The number of aliphatic hydroxyl groups is 1. The molecule has 2 aromatic carbocycles. The molecule has 0 spiro atoms. The summed E-state index contributed by atoms with van der Waals surface area (Å²) in [5, 5.41) is 9.78. The molecule has 1 amide bonds. The van der Waals surface area contributed by atoms with Crippen molar-refractivity contribution in [1.29, 1.82) is 0 Å². The summed E-state index contributed by atoms with van der Waals surface area (Å²) in [5.74, 6) is 1.88. The molecule has 0 unspecified atom stereocenters. The number of likely N-dealkylation sites (tertiary alicyclic amines) is 1. The number of rotatable bonds is 9. The Hall–Kier alpha value is -2.85. The molecule has 1 saturated carbocycles. The van der Waals surface area contributed by atoms with Crippen molar-refractivity contribution in [2.75, 3.05) is 58.5 Å². The van der Waals surface area contributed by atoms with E-state index >= 15 is 0 Å². The molecule has 0 bridgehead atoms. The van der Waals surface area contributed by atoms with Gasteiger partial charge in [-0.1, -0.05) is 38.1 Å². The normalized spacial score (nSPS) is 20.8. The van der Waals surface area contributed by atoms with E-state index in [0.717, 1.165) is 101 Å². The van der Waals surface area contributed by atoms with E-state index in [0.29, 0.717) is 38.6 Å². The highest BCUT2D eigenvalue weighted by Crippen LogP contribution is 2.40. The SMILES string of the molecule is CCN(CCCC(=O)N1CCC(c2ccc(C(F)(F)F)cc2N2CCC(C)CC2)CC1)C1CCC(O)CC1.CF.COc1ccccc1. The largest absolute Gasteiger partial charge is 0.497 e. The van der Waals surface area contributed by atoms with Gasteiger partial charge in [-0.15, -0.1) is 0 Å². The maximum Gasteiger partial charge on any atom is 0.416 e. The molecule has 3 fully saturated rings. The Kier molecular flexibility index (Phi) is 16.5. The van der Waals surface area contributed by atoms with Crippen molar-refractivity contribution in [3.05, 3.63) is 59.7 Å². The zero-order valence-electron chi connectivity index (χ0n) is 29.4. The number of hydrogen-bond donors (Lipinski definition) is 1. The van der Waals surface area contributed by atoms with Gasteiger partial charge < -0.3 is 24.5 Å². The van der Waals surface area contributed by atoms with Crippen molar-refractivity contribution in [2.45, 2.75) is 102 Å². The molecular weight excluding hydrogens is 622 g/mol. The van der Waals surface area contributed by atoms with Gasteiger partial charge in [0.2, 0.25) is 5.91 Å². The highest BCUT2D eigenvalue weighted by atomic mass is 19.4. The summed E-state index contributed by atoms with van der Waals surface area (Å²) in [5.41, 5.74) is 1.18. The maximum atomic E-state index is 13.5. The van der Waals surface area contributed by atoms with Crippen molar-refractivity contribution in [3.8, 4) is 5.75 Å². The first-order valence-corrected chi connectivity index (χ1v) is 17.7. The van der Waals surface area contributed by atoms with Crippen molar-refractivity contribution >= 4 is 11.6 Å². The molecule has 0 atom stereocenters. The fraction of sp³-hybridized carbons (Fsp3) is 0.658. The van der Waals surface area contributed by atoms with E-state index in [-0.39, 0.29) is 17.9 Å². The van der Waals surface area contributed by atoms with E-state index < -0.39 is 11.7 Å². The van der Waals surface area contributed by atoms with E-state index in [1.807, 2.05) is 35.2 Å². The van der Waals surface area contributed by atoms with Gasteiger partial charge in [0, 0.05) is 44.3 Å². The molecular formula is C38H57F4N3O3. The molecule has 2 aliphatic heterocycles. The number of halogens is 4. The molecule has 1 N–H and O–H groups in total. The number of amides is 1. The van der Waals surface area contributed by atoms with Crippen LogP contribution in [0.2, 0.25) is 0 Å². The van der Waals surface area contributed by atoms with Crippen LogP contribution in [-0.2, 0) is 11.0 Å². The van der Waals surface area contributed by atoms with E-state index in [9.17, 15) is 27.5 Å². The number of carbonyl (C=O) groups excluding carboxylic acids is 1. The smallest absolute Gasteiger partial charge is 0.416 e. The van der Waals surface area contributed by atoms with Gasteiger partial charge in [-0.05, 0) is 113 Å². The first-order chi connectivity index (χ1) is 23.1. The molecule has 270 valence electrons. The van der Waals surface area contributed by atoms with Gasteiger partial charge >= 0.3 is 6.18 Å². The summed E-state index contributed by atoms with van der Waals surface area (Å²) >= 11 is 0. The number of benzene rings is 2. The minimum Gasteiger partial charge on any atom is -0.497 e. The predicted molar refractivity (Wildman–Crippen MR) is 185 cm³/mol. The molecule has 6 nitrogen and oxygen atoms in total. The highest BCUT2D eigenvalue weighted by Gasteiger charge is 2.34. The Balaban J connectivity index is 0.000000540. The van der Waals surface area contributed by atoms with Gasteiger partial charge in [0.25, 0.3) is 0 Å². The maximum absolute atomic E-state index is 13.5. The highest BCUT2D eigenvalue weighted by molar-refractivity contribution is 5.76. The molecule has 48 heavy (non-hydrogen) atoms. The average Bonchev–Trinajstić information content (AvgIpc) is 3.12. The van der Waals surface area contributed by atoms with E-state index in [1.54, 1.807) is 13.2 Å². The second-order valence-electron chi connectivity index (χ2n) is 13.3. The van der Waals surface area contributed by atoms with Crippen LogP contribution in [0.1, 0.15) is 95.1 Å². The van der Waals surface area contributed by atoms with Crippen LogP contribution in [0.3, 0.4) is 0 Å². The zero-order chi connectivity index (χ0) is 35.1. The Morgan fingerprint density at radius 2 is 1.54 bits per heavy atom. The average molecular weight is 680 g/mol. The third kappa shape index (κ3) is 11.9. The van der Waals surface area contributed by atoms with Crippen LogP contribution in [0.4, 0.5) is 23.2 Å². The molecule has 3 aliphatic rings. The lowest BCUT2D eigenvalue weighted by atomic mass is 9.86. The molecule has 0 aromatic heterocycles. The number of aliphatic hydroxyl groups excluding tert-OH is 1. The fourth-order valence-electron chi connectivity index (χ4n) is 7.20. The third-order valence-corrected chi connectivity index (χ3v) is 10.2.